The monoisotopic (exact) mass is 198 g/mol. The highest BCUT2D eigenvalue weighted by atomic mass is 35.5. The van der Waals surface area contributed by atoms with E-state index in [-0.39, 0.29) is 0 Å². The Labute approximate surface area is 77.5 Å². The number of hydrogen-bond acceptors (Lipinski definition) is 2. The van der Waals surface area contributed by atoms with Crippen LogP contribution in [0.1, 0.15) is 6.92 Å². The lowest BCUT2D eigenvalue weighted by molar-refractivity contribution is 0.759. The molecule has 10 heavy (non-hydrogen) atoms. The molecule has 0 spiro atoms. The maximum absolute atomic E-state index is 5.65. The molecule has 1 atom stereocenters. The van der Waals surface area contributed by atoms with E-state index in [9.17, 15) is 0 Å². The lowest BCUT2D eigenvalue weighted by atomic mass is 10.3. The highest BCUT2D eigenvalue weighted by molar-refractivity contribution is 8.02. The Bertz CT molecular complexity index is 68.6. The van der Waals surface area contributed by atoms with Gasteiger partial charge in [-0.25, -0.2) is 0 Å². The van der Waals surface area contributed by atoms with E-state index in [2.05, 4.69) is 13.2 Å². The van der Waals surface area contributed by atoms with Gasteiger partial charge in [0.2, 0.25) is 0 Å². The first kappa shape index (κ1) is 11.0. The predicted octanol–water partition coefficient (Wildman–Crippen LogP) is 2.96. The summed E-state index contributed by atoms with van der Waals surface area (Å²) in [5, 5.41) is 0. The van der Waals surface area contributed by atoms with Crippen LogP contribution in [-0.4, -0.2) is 29.4 Å². The number of hydrogen-bond donors (Lipinski definition) is 0. The van der Waals surface area contributed by atoms with Crippen LogP contribution < -0.4 is 0 Å². The number of rotatable bonds is 6. The highest BCUT2D eigenvalue weighted by Gasteiger charge is 1.98. The molecular formula is C7H15ClS2. The van der Waals surface area contributed by atoms with E-state index in [1.54, 1.807) is 0 Å². The molecule has 0 nitrogen and oxygen atoms in total. The van der Waals surface area contributed by atoms with E-state index in [4.69, 9.17) is 11.6 Å². The summed E-state index contributed by atoms with van der Waals surface area (Å²) in [4.78, 5) is 0. The zero-order valence-corrected chi connectivity index (χ0v) is 8.99. The summed E-state index contributed by atoms with van der Waals surface area (Å²) in [6, 6.07) is 0. The van der Waals surface area contributed by atoms with Crippen LogP contribution in [-0.2, 0) is 0 Å². The molecule has 0 saturated heterocycles. The van der Waals surface area contributed by atoms with Gasteiger partial charge < -0.3 is 0 Å². The van der Waals surface area contributed by atoms with Crippen molar-refractivity contribution in [1.29, 1.82) is 0 Å². The molecule has 0 aliphatic heterocycles. The zero-order valence-electron chi connectivity index (χ0n) is 6.60. The molecule has 0 aromatic carbocycles. The second-order valence-corrected chi connectivity index (χ2v) is 4.77. The fraction of sp³-hybridized carbons (Fsp3) is 1.00. The van der Waals surface area contributed by atoms with Crippen molar-refractivity contribution in [2.45, 2.75) is 6.92 Å². The van der Waals surface area contributed by atoms with Gasteiger partial charge in [0.15, 0.2) is 0 Å². The normalized spacial score (nSPS) is 13.5. The molecule has 0 aromatic heterocycles. The van der Waals surface area contributed by atoms with Crippen molar-refractivity contribution in [3.63, 3.8) is 0 Å². The number of thioether (sulfide) groups is 2. The van der Waals surface area contributed by atoms with Gasteiger partial charge >= 0.3 is 0 Å². The minimum absolute atomic E-state index is 0.675. The Morgan fingerprint density at radius 3 is 2.60 bits per heavy atom. The largest absolute Gasteiger partial charge is 0.165 e. The van der Waals surface area contributed by atoms with Crippen LogP contribution in [0.25, 0.3) is 0 Å². The van der Waals surface area contributed by atoms with Gasteiger partial charge in [0, 0.05) is 17.4 Å². The van der Waals surface area contributed by atoms with Crippen LogP contribution in [0.2, 0.25) is 0 Å². The predicted molar refractivity (Wildman–Crippen MR) is 55.6 cm³/mol. The van der Waals surface area contributed by atoms with Crippen LogP contribution >= 0.6 is 35.1 Å². The van der Waals surface area contributed by atoms with Gasteiger partial charge in [-0.05, 0) is 17.9 Å². The Balaban J connectivity index is 2.89. The van der Waals surface area contributed by atoms with Gasteiger partial charge in [0.05, 0.1) is 0 Å². The van der Waals surface area contributed by atoms with Crippen LogP contribution in [0.5, 0.6) is 0 Å². The molecule has 0 aliphatic carbocycles. The van der Waals surface area contributed by atoms with Crippen molar-refractivity contribution >= 4 is 35.1 Å². The molecule has 3 heteroatoms. The second kappa shape index (κ2) is 8.09. The Morgan fingerprint density at radius 2 is 2.10 bits per heavy atom. The molecule has 0 N–H and O–H groups in total. The summed E-state index contributed by atoms with van der Waals surface area (Å²) in [6.07, 6.45) is 2.14. The maximum atomic E-state index is 5.65. The summed E-state index contributed by atoms with van der Waals surface area (Å²) in [7, 11) is 0. The fourth-order valence-corrected chi connectivity index (χ4v) is 2.53. The topological polar surface area (TPSA) is 0 Å². The standard InChI is InChI=1S/C7H15ClS2/c1-7(5-8)6-10-4-3-9-2/h7H,3-6H2,1-2H3. The third-order valence-electron chi connectivity index (χ3n) is 1.10. The molecule has 0 radical (unpaired) electrons. The first-order valence-corrected chi connectivity index (χ1v) is 6.52. The van der Waals surface area contributed by atoms with Gasteiger partial charge in [0.25, 0.3) is 0 Å². The molecule has 62 valence electrons. The van der Waals surface area contributed by atoms with Crippen molar-refractivity contribution in [3.8, 4) is 0 Å². The van der Waals surface area contributed by atoms with Crippen molar-refractivity contribution in [2.24, 2.45) is 5.92 Å². The SMILES string of the molecule is CSCCSCC(C)CCl. The van der Waals surface area contributed by atoms with Gasteiger partial charge in [-0.2, -0.15) is 23.5 Å². The summed E-state index contributed by atoms with van der Waals surface area (Å²) < 4.78 is 0. The third kappa shape index (κ3) is 7.10. The van der Waals surface area contributed by atoms with Crippen molar-refractivity contribution < 1.29 is 0 Å². The van der Waals surface area contributed by atoms with Crippen molar-refractivity contribution in [3.05, 3.63) is 0 Å². The Morgan fingerprint density at radius 1 is 1.40 bits per heavy atom. The molecule has 1 unspecified atom stereocenters. The van der Waals surface area contributed by atoms with E-state index in [0.717, 1.165) is 5.88 Å². The van der Waals surface area contributed by atoms with Gasteiger partial charge in [0.1, 0.15) is 0 Å². The zero-order chi connectivity index (χ0) is 7.82. The molecule has 0 fully saturated rings. The molecular weight excluding hydrogens is 184 g/mol. The summed E-state index contributed by atoms with van der Waals surface area (Å²) in [5.41, 5.74) is 0. The average molecular weight is 199 g/mol. The first-order chi connectivity index (χ1) is 4.81. The van der Waals surface area contributed by atoms with Crippen LogP contribution in [0.3, 0.4) is 0 Å². The summed E-state index contributed by atoms with van der Waals surface area (Å²) in [5.74, 6) is 5.21. The molecule has 0 amide bonds. The van der Waals surface area contributed by atoms with Crippen molar-refractivity contribution in [1.82, 2.24) is 0 Å². The lowest BCUT2D eigenvalue weighted by Gasteiger charge is -2.04. The van der Waals surface area contributed by atoms with Crippen molar-refractivity contribution in [2.75, 3.05) is 29.4 Å². The average Bonchev–Trinajstić information content (AvgIpc) is 1.98. The van der Waals surface area contributed by atoms with Crippen LogP contribution in [0.15, 0.2) is 0 Å². The first-order valence-electron chi connectivity index (χ1n) is 3.44. The van der Waals surface area contributed by atoms with Crippen LogP contribution in [0.4, 0.5) is 0 Å². The maximum Gasteiger partial charge on any atom is 0.0257 e. The van der Waals surface area contributed by atoms with Gasteiger partial charge in [-0.1, -0.05) is 6.92 Å². The molecule has 0 rings (SSSR count). The summed E-state index contributed by atoms with van der Waals surface area (Å²) >= 11 is 9.56. The molecule has 0 bridgehead atoms. The van der Waals surface area contributed by atoms with Crippen LogP contribution in [0, 0.1) is 5.92 Å². The second-order valence-electron chi connectivity index (χ2n) is 2.33. The van der Waals surface area contributed by atoms with Gasteiger partial charge in [-0.15, -0.1) is 11.6 Å². The number of halogens is 1. The van der Waals surface area contributed by atoms with E-state index in [1.165, 1.54) is 17.3 Å². The molecule has 0 aliphatic rings. The number of alkyl halides is 1. The van der Waals surface area contributed by atoms with E-state index < -0.39 is 0 Å². The van der Waals surface area contributed by atoms with E-state index in [1.807, 2.05) is 23.5 Å². The fourth-order valence-electron chi connectivity index (χ4n) is 0.471. The minimum Gasteiger partial charge on any atom is -0.165 e. The lowest BCUT2D eigenvalue weighted by Crippen LogP contribution is -2.00. The third-order valence-corrected chi connectivity index (χ3v) is 3.79. The van der Waals surface area contributed by atoms with E-state index in [0.29, 0.717) is 5.92 Å². The summed E-state index contributed by atoms with van der Waals surface area (Å²) in [6.45, 7) is 2.19. The molecule has 0 heterocycles. The smallest absolute Gasteiger partial charge is 0.0257 e. The minimum atomic E-state index is 0.675. The highest BCUT2D eigenvalue weighted by Crippen LogP contribution is 2.10. The Kier molecular flexibility index (Phi) is 8.89. The molecule has 0 saturated carbocycles. The molecule has 0 aromatic rings. The Hall–Kier alpha value is 0.990. The quantitative estimate of drug-likeness (QED) is 0.476. The van der Waals surface area contributed by atoms with E-state index >= 15 is 0 Å². The van der Waals surface area contributed by atoms with Gasteiger partial charge in [-0.3, -0.25) is 0 Å².